The SMILES string of the molecule is CCCOc1ccc(C(O)c2cccc(CC)c2)cc1. The first kappa shape index (κ1) is 14.6. The van der Waals surface area contributed by atoms with Crippen LogP contribution in [-0.4, -0.2) is 11.7 Å². The monoisotopic (exact) mass is 270 g/mol. The largest absolute Gasteiger partial charge is 0.494 e. The standard InChI is InChI=1S/C18H22O2/c1-3-12-20-17-10-8-15(9-11-17)18(19)16-7-5-6-14(4-2)13-16/h5-11,13,18-19H,3-4,12H2,1-2H3. The van der Waals surface area contributed by atoms with E-state index in [2.05, 4.69) is 26.0 Å². The molecule has 106 valence electrons. The Balaban J connectivity index is 2.13. The van der Waals surface area contributed by atoms with E-state index in [1.807, 2.05) is 36.4 Å². The summed E-state index contributed by atoms with van der Waals surface area (Å²) in [5.74, 6) is 0.852. The molecule has 0 aliphatic heterocycles. The molecule has 1 atom stereocenters. The van der Waals surface area contributed by atoms with Crippen molar-refractivity contribution >= 4 is 0 Å². The van der Waals surface area contributed by atoms with E-state index in [1.54, 1.807) is 0 Å². The summed E-state index contributed by atoms with van der Waals surface area (Å²) >= 11 is 0. The number of hydrogen-bond acceptors (Lipinski definition) is 2. The third-order valence-electron chi connectivity index (χ3n) is 3.34. The van der Waals surface area contributed by atoms with Gasteiger partial charge in [-0.15, -0.1) is 0 Å². The molecule has 2 rings (SSSR count). The summed E-state index contributed by atoms with van der Waals surface area (Å²) in [5.41, 5.74) is 3.07. The van der Waals surface area contributed by atoms with Crippen molar-refractivity contribution in [1.82, 2.24) is 0 Å². The highest BCUT2D eigenvalue weighted by Gasteiger charge is 2.10. The molecule has 20 heavy (non-hydrogen) atoms. The topological polar surface area (TPSA) is 29.5 Å². The molecule has 0 radical (unpaired) electrons. The van der Waals surface area contributed by atoms with Crippen LogP contribution < -0.4 is 4.74 Å². The second kappa shape index (κ2) is 7.11. The van der Waals surface area contributed by atoms with Gasteiger partial charge in [0.1, 0.15) is 11.9 Å². The minimum atomic E-state index is -0.582. The van der Waals surface area contributed by atoms with Gasteiger partial charge in [-0.3, -0.25) is 0 Å². The maximum absolute atomic E-state index is 10.4. The molecule has 0 fully saturated rings. The smallest absolute Gasteiger partial charge is 0.119 e. The lowest BCUT2D eigenvalue weighted by Crippen LogP contribution is -2.01. The molecule has 1 N–H and O–H groups in total. The van der Waals surface area contributed by atoms with Crippen LogP contribution >= 0.6 is 0 Å². The van der Waals surface area contributed by atoms with Crippen molar-refractivity contribution in [3.63, 3.8) is 0 Å². The Kier molecular flexibility index (Phi) is 5.19. The summed E-state index contributed by atoms with van der Waals surface area (Å²) in [5, 5.41) is 10.4. The van der Waals surface area contributed by atoms with Crippen LogP contribution in [0.25, 0.3) is 0 Å². The third kappa shape index (κ3) is 3.61. The van der Waals surface area contributed by atoms with Crippen LogP contribution in [-0.2, 0) is 6.42 Å². The van der Waals surface area contributed by atoms with Gasteiger partial charge in [-0.1, -0.05) is 50.2 Å². The highest BCUT2D eigenvalue weighted by molar-refractivity contribution is 5.35. The van der Waals surface area contributed by atoms with Crippen molar-refractivity contribution in [3.05, 3.63) is 65.2 Å². The van der Waals surface area contributed by atoms with Gasteiger partial charge < -0.3 is 9.84 Å². The summed E-state index contributed by atoms with van der Waals surface area (Å²) in [6, 6.07) is 15.8. The molecule has 0 aliphatic carbocycles. The summed E-state index contributed by atoms with van der Waals surface area (Å²) in [7, 11) is 0. The molecule has 0 amide bonds. The van der Waals surface area contributed by atoms with Gasteiger partial charge in [-0.2, -0.15) is 0 Å². The quantitative estimate of drug-likeness (QED) is 0.855. The van der Waals surface area contributed by atoms with Crippen molar-refractivity contribution in [2.75, 3.05) is 6.61 Å². The zero-order chi connectivity index (χ0) is 14.4. The first-order chi connectivity index (χ1) is 9.74. The minimum Gasteiger partial charge on any atom is -0.494 e. The van der Waals surface area contributed by atoms with Crippen LogP contribution in [0, 0.1) is 0 Å². The van der Waals surface area contributed by atoms with Gasteiger partial charge >= 0.3 is 0 Å². The predicted molar refractivity (Wildman–Crippen MR) is 82.1 cm³/mol. The molecule has 2 aromatic carbocycles. The highest BCUT2D eigenvalue weighted by atomic mass is 16.5. The fourth-order valence-corrected chi connectivity index (χ4v) is 2.14. The van der Waals surface area contributed by atoms with E-state index in [-0.39, 0.29) is 0 Å². The fraction of sp³-hybridized carbons (Fsp3) is 0.333. The van der Waals surface area contributed by atoms with E-state index in [0.717, 1.165) is 36.3 Å². The number of aliphatic hydroxyl groups is 1. The molecule has 0 saturated heterocycles. The summed E-state index contributed by atoms with van der Waals surface area (Å²) < 4.78 is 5.55. The van der Waals surface area contributed by atoms with E-state index in [9.17, 15) is 5.11 Å². The zero-order valence-corrected chi connectivity index (χ0v) is 12.2. The van der Waals surface area contributed by atoms with Crippen LogP contribution in [0.15, 0.2) is 48.5 Å². The zero-order valence-electron chi connectivity index (χ0n) is 12.2. The molecule has 0 bridgehead atoms. The van der Waals surface area contributed by atoms with Gasteiger partial charge in [0.2, 0.25) is 0 Å². The van der Waals surface area contributed by atoms with Gasteiger partial charge in [0.05, 0.1) is 6.61 Å². The molecule has 2 aromatic rings. The lowest BCUT2D eigenvalue weighted by Gasteiger charge is -2.13. The van der Waals surface area contributed by atoms with E-state index in [0.29, 0.717) is 0 Å². The molecule has 0 saturated carbocycles. The number of ether oxygens (including phenoxy) is 1. The Morgan fingerprint density at radius 3 is 2.40 bits per heavy atom. The Bertz CT molecular complexity index is 531. The molecule has 2 heteroatoms. The molecular weight excluding hydrogens is 248 g/mol. The average molecular weight is 270 g/mol. The highest BCUT2D eigenvalue weighted by Crippen LogP contribution is 2.24. The lowest BCUT2D eigenvalue weighted by molar-refractivity contribution is 0.220. The second-order valence-electron chi connectivity index (χ2n) is 4.92. The number of hydrogen-bond donors (Lipinski definition) is 1. The molecule has 0 aromatic heterocycles. The van der Waals surface area contributed by atoms with Crippen molar-refractivity contribution in [3.8, 4) is 5.75 Å². The third-order valence-corrected chi connectivity index (χ3v) is 3.34. The lowest BCUT2D eigenvalue weighted by atomic mass is 9.99. The normalized spacial score (nSPS) is 12.2. The molecule has 0 aliphatic rings. The maximum atomic E-state index is 10.4. The first-order valence-corrected chi connectivity index (χ1v) is 7.24. The first-order valence-electron chi connectivity index (χ1n) is 7.24. The van der Waals surface area contributed by atoms with Gasteiger partial charge in [0.15, 0.2) is 0 Å². The molecule has 2 nitrogen and oxygen atoms in total. The van der Waals surface area contributed by atoms with Gasteiger partial charge in [-0.05, 0) is 41.7 Å². The summed E-state index contributed by atoms with van der Waals surface area (Å²) in [6.07, 6.45) is 1.39. The predicted octanol–water partition coefficient (Wildman–Crippen LogP) is 4.12. The van der Waals surface area contributed by atoms with Crippen LogP contribution in [0.4, 0.5) is 0 Å². The molecule has 1 unspecified atom stereocenters. The van der Waals surface area contributed by atoms with Gasteiger partial charge in [0.25, 0.3) is 0 Å². The average Bonchev–Trinajstić information content (AvgIpc) is 2.52. The van der Waals surface area contributed by atoms with Crippen molar-refractivity contribution in [2.24, 2.45) is 0 Å². The van der Waals surface area contributed by atoms with Crippen molar-refractivity contribution in [2.45, 2.75) is 32.8 Å². The summed E-state index contributed by atoms with van der Waals surface area (Å²) in [4.78, 5) is 0. The maximum Gasteiger partial charge on any atom is 0.119 e. The van der Waals surface area contributed by atoms with E-state index >= 15 is 0 Å². The van der Waals surface area contributed by atoms with Crippen LogP contribution in [0.1, 0.15) is 43.1 Å². The van der Waals surface area contributed by atoms with Crippen LogP contribution in [0.5, 0.6) is 5.75 Å². The van der Waals surface area contributed by atoms with E-state index < -0.39 is 6.10 Å². The Morgan fingerprint density at radius 2 is 1.75 bits per heavy atom. The van der Waals surface area contributed by atoms with Crippen molar-refractivity contribution in [1.29, 1.82) is 0 Å². The number of aliphatic hydroxyl groups excluding tert-OH is 1. The Hall–Kier alpha value is -1.80. The van der Waals surface area contributed by atoms with E-state index in [4.69, 9.17) is 4.74 Å². The fourth-order valence-electron chi connectivity index (χ4n) is 2.14. The molecule has 0 spiro atoms. The van der Waals surface area contributed by atoms with Crippen LogP contribution in [0.3, 0.4) is 0 Å². The second-order valence-corrected chi connectivity index (χ2v) is 4.92. The van der Waals surface area contributed by atoms with Gasteiger partial charge in [-0.25, -0.2) is 0 Å². The van der Waals surface area contributed by atoms with Crippen molar-refractivity contribution < 1.29 is 9.84 Å². The van der Waals surface area contributed by atoms with Gasteiger partial charge in [0, 0.05) is 0 Å². The number of rotatable bonds is 6. The van der Waals surface area contributed by atoms with Crippen LogP contribution in [0.2, 0.25) is 0 Å². The van der Waals surface area contributed by atoms with E-state index in [1.165, 1.54) is 5.56 Å². The number of aryl methyl sites for hydroxylation is 1. The molecule has 0 heterocycles. The Labute approximate surface area is 121 Å². The minimum absolute atomic E-state index is 0.582. The summed E-state index contributed by atoms with van der Waals surface area (Å²) in [6.45, 7) is 4.92. The molecular formula is C18H22O2. The Morgan fingerprint density at radius 1 is 1.00 bits per heavy atom. The number of benzene rings is 2.